The molecule has 0 spiro atoms. The summed E-state index contributed by atoms with van der Waals surface area (Å²) in [4.78, 5) is 8.60. The van der Waals surface area contributed by atoms with Crippen LogP contribution in [0.25, 0.3) is 0 Å². The predicted octanol–water partition coefficient (Wildman–Crippen LogP) is 1.39. The van der Waals surface area contributed by atoms with E-state index in [1.54, 1.807) is 6.07 Å². The molecule has 0 bridgehead atoms. The Hall–Kier alpha value is -1.16. The summed E-state index contributed by atoms with van der Waals surface area (Å²) in [5, 5.41) is 0. The van der Waals surface area contributed by atoms with E-state index in [1.807, 2.05) is 13.8 Å². The molecule has 14 heavy (non-hydrogen) atoms. The number of nitrogens with zero attached hydrogens (tertiary/aromatic N) is 2. The smallest absolute Gasteiger partial charge is 0.162 e. The Bertz CT molecular complexity index is 325. The molecule has 0 amide bonds. The molecule has 4 heteroatoms. The summed E-state index contributed by atoms with van der Waals surface area (Å²) in [6.45, 7) is 4.72. The van der Waals surface area contributed by atoms with Crippen LogP contribution in [-0.2, 0) is 10.3 Å². The molecular formula is C10H15N3O. The lowest BCUT2D eigenvalue weighted by Crippen LogP contribution is -2.24. The highest BCUT2D eigenvalue weighted by Gasteiger charge is 2.34. The first-order chi connectivity index (χ1) is 6.60. The van der Waals surface area contributed by atoms with Crippen LogP contribution in [0.15, 0.2) is 6.07 Å². The van der Waals surface area contributed by atoms with E-state index in [4.69, 9.17) is 10.5 Å². The number of nitrogens with two attached hydrogens (primary N) is 1. The van der Waals surface area contributed by atoms with Gasteiger partial charge in [0.05, 0.1) is 0 Å². The highest BCUT2D eigenvalue weighted by molar-refractivity contribution is 5.30. The molecule has 0 aliphatic carbocycles. The van der Waals surface area contributed by atoms with Crippen LogP contribution in [0.4, 0.5) is 5.82 Å². The third kappa shape index (κ3) is 1.57. The van der Waals surface area contributed by atoms with Gasteiger partial charge in [-0.3, -0.25) is 0 Å². The molecule has 1 saturated heterocycles. The molecule has 2 rings (SSSR count). The Morgan fingerprint density at radius 3 is 2.86 bits per heavy atom. The average molecular weight is 193 g/mol. The van der Waals surface area contributed by atoms with Crippen molar-refractivity contribution >= 4 is 5.82 Å². The molecule has 1 aliphatic heterocycles. The van der Waals surface area contributed by atoms with Gasteiger partial charge in [0, 0.05) is 18.4 Å². The lowest BCUT2D eigenvalue weighted by Gasteiger charge is -2.21. The third-order valence-electron chi connectivity index (χ3n) is 2.57. The second kappa shape index (κ2) is 3.20. The second-order valence-corrected chi connectivity index (χ2v) is 3.94. The fraction of sp³-hybridized carbons (Fsp3) is 0.600. The zero-order valence-corrected chi connectivity index (χ0v) is 8.58. The van der Waals surface area contributed by atoms with Gasteiger partial charge in [0.25, 0.3) is 0 Å². The van der Waals surface area contributed by atoms with Crippen LogP contribution in [0.5, 0.6) is 0 Å². The molecule has 2 N–H and O–H groups in total. The number of hydrogen-bond acceptors (Lipinski definition) is 4. The maximum Gasteiger partial charge on any atom is 0.162 e. The van der Waals surface area contributed by atoms with E-state index in [-0.39, 0.29) is 5.60 Å². The SMILES string of the molecule is Cc1cc(N)nc(C2(C)CCCO2)n1. The van der Waals surface area contributed by atoms with Crippen molar-refractivity contribution in [2.45, 2.75) is 32.3 Å². The largest absolute Gasteiger partial charge is 0.384 e. The van der Waals surface area contributed by atoms with Gasteiger partial charge in [0.1, 0.15) is 11.4 Å². The Balaban J connectivity index is 2.40. The maximum atomic E-state index is 5.68. The first-order valence-corrected chi connectivity index (χ1v) is 4.86. The molecule has 76 valence electrons. The van der Waals surface area contributed by atoms with Gasteiger partial charge in [0.2, 0.25) is 0 Å². The van der Waals surface area contributed by atoms with Gasteiger partial charge in [-0.2, -0.15) is 0 Å². The summed E-state index contributed by atoms with van der Waals surface area (Å²) in [7, 11) is 0. The summed E-state index contributed by atoms with van der Waals surface area (Å²) in [6, 6.07) is 1.77. The summed E-state index contributed by atoms with van der Waals surface area (Å²) >= 11 is 0. The molecule has 1 atom stereocenters. The molecule has 0 aromatic carbocycles. The van der Waals surface area contributed by atoms with E-state index in [0.717, 1.165) is 25.1 Å². The standard InChI is InChI=1S/C10H15N3O/c1-7-6-8(11)13-9(12-7)10(2)4-3-5-14-10/h6H,3-5H2,1-2H3,(H2,11,12,13). The highest BCUT2D eigenvalue weighted by atomic mass is 16.5. The minimum absolute atomic E-state index is 0.333. The lowest BCUT2D eigenvalue weighted by molar-refractivity contribution is 0.00932. The predicted molar refractivity (Wildman–Crippen MR) is 53.7 cm³/mol. The molecule has 4 nitrogen and oxygen atoms in total. The minimum atomic E-state index is -0.333. The number of hydrogen-bond donors (Lipinski definition) is 1. The van der Waals surface area contributed by atoms with Gasteiger partial charge < -0.3 is 10.5 Å². The zero-order valence-electron chi connectivity index (χ0n) is 8.58. The van der Waals surface area contributed by atoms with Gasteiger partial charge in [-0.25, -0.2) is 9.97 Å². The van der Waals surface area contributed by atoms with Crippen molar-refractivity contribution in [1.82, 2.24) is 9.97 Å². The topological polar surface area (TPSA) is 61.0 Å². The van der Waals surface area contributed by atoms with E-state index in [2.05, 4.69) is 9.97 Å². The Kier molecular flexibility index (Phi) is 2.15. The van der Waals surface area contributed by atoms with Crippen molar-refractivity contribution in [3.63, 3.8) is 0 Å². The van der Waals surface area contributed by atoms with Gasteiger partial charge in [-0.15, -0.1) is 0 Å². The van der Waals surface area contributed by atoms with Crippen molar-refractivity contribution in [3.8, 4) is 0 Å². The fourth-order valence-corrected chi connectivity index (χ4v) is 1.78. The van der Waals surface area contributed by atoms with Crippen LogP contribution in [0.3, 0.4) is 0 Å². The Labute approximate surface area is 83.5 Å². The van der Waals surface area contributed by atoms with Gasteiger partial charge in [0.15, 0.2) is 5.82 Å². The van der Waals surface area contributed by atoms with Gasteiger partial charge >= 0.3 is 0 Å². The van der Waals surface area contributed by atoms with Crippen LogP contribution >= 0.6 is 0 Å². The van der Waals surface area contributed by atoms with E-state index >= 15 is 0 Å². The quantitative estimate of drug-likeness (QED) is 0.732. The Morgan fingerprint density at radius 1 is 1.50 bits per heavy atom. The molecule has 1 unspecified atom stereocenters. The highest BCUT2D eigenvalue weighted by Crippen LogP contribution is 2.33. The molecule has 1 aliphatic rings. The molecule has 1 aromatic heterocycles. The van der Waals surface area contributed by atoms with Crippen LogP contribution in [-0.4, -0.2) is 16.6 Å². The summed E-state index contributed by atoms with van der Waals surface area (Å²) in [6.07, 6.45) is 2.03. The van der Waals surface area contributed by atoms with Crippen molar-refractivity contribution in [2.24, 2.45) is 0 Å². The normalized spacial score (nSPS) is 26.7. The van der Waals surface area contributed by atoms with Crippen LogP contribution < -0.4 is 5.73 Å². The van der Waals surface area contributed by atoms with E-state index < -0.39 is 0 Å². The molecule has 1 fully saturated rings. The molecule has 0 radical (unpaired) electrons. The number of anilines is 1. The van der Waals surface area contributed by atoms with Crippen molar-refractivity contribution < 1.29 is 4.74 Å². The molecule has 2 heterocycles. The lowest BCUT2D eigenvalue weighted by atomic mass is 10.0. The van der Waals surface area contributed by atoms with Crippen LogP contribution in [0, 0.1) is 6.92 Å². The summed E-state index contributed by atoms with van der Waals surface area (Å²) in [5.41, 5.74) is 6.24. The number of aryl methyl sites for hydroxylation is 1. The fourth-order valence-electron chi connectivity index (χ4n) is 1.78. The van der Waals surface area contributed by atoms with Crippen molar-refractivity contribution in [1.29, 1.82) is 0 Å². The first-order valence-electron chi connectivity index (χ1n) is 4.86. The van der Waals surface area contributed by atoms with Crippen LogP contribution in [0.2, 0.25) is 0 Å². The van der Waals surface area contributed by atoms with Crippen LogP contribution in [0.1, 0.15) is 31.3 Å². The van der Waals surface area contributed by atoms with E-state index in [9.17, 15) is 0 Å². The summed E-state index contributed by atoms with van der Waals surface area (Å²) < 4.78 is 5.66. The van der Waals surface area contributed by atoms with Crippen molar-refractivity contribution in [3.05, 3.63) is 17.6 Å². The number of nitrogen functional groups attached to an aromatic ring is 1. The molecule has 1 aromatic rings. The van der Waals surface area contributed by atoms with Crippen molar-refractivity contribution in [2.75, 3.05) is 12.3 Å². The molecular weight excluding hydrogens is 178 g/mol. The third-order valence-corrected chi connectivity index (χ3v) is 2.57. The number of ether oxygens (including phenoxy) is 1. The number of rotatable bonds is 1. The first kappa shape index (κ1) is 9.40. The second-order valence-electron chi connectivity index (χ2n) is 3.94. The minimum Gasteiger partial charge on any atom is -0.384 e. The Morgan fingerprint density at radius 2 is 2.29 bits per heavy atom. The monoisotopic (exact) mass is 193 g/mol. The number of aromatic nitrogens is 2. The van der Waals surface area contributed by atoms with E-state index in [0.29, 0.717) is 11.6 Å². The maximum absolute atomic E-state index is 5.68. The zero-order chi connectivity index (χ0) is 10.2. The van der Waals surface area contributed by atoms with Gasteiger partial charge in [-0.1, -0.05) is 0 Å². The van der Waals surface area contributed by atoms with Gasteiger partial charge in [-0.05, 0) is 26.7 Å². The average Bonchev–Trinajstić information content (AvgIpc) is 2.52. The molecule has 0 saturated carbocycles. The van der Waals surface area contributed by atoms with E-state index in [1.165, 1.54) is 0 Å². The summed E-state index contributed by atoms with van der Waals surface area (Å²) in [5.74, 6) is 1.23.